The summed E-state index contributed by atoms with van der Waals surface area (Å²) in [5.41, 5.74) is 0. The zero-order valence-corrected chi connectivity index (χ0v) is 15.3. The third-order valence-electron chi connectivity index (χ3n) is 2.33. The molecule has 0 amide bonds. The van der Waals surface area contributed by atoms with Gasteiger partial charge in [0.2, 0.25) is 0 Å². The van der Waals surface area contributed by atoms with E-state index in [9.17, 15) is 0 Å². The number of guanidine groups is 1. The lowest BCUT2D eigenvalue weighted by Gasteiger charge is -2.11. The summed E-state index contributed by atoms with van der Waals surface area (Å²) in [4.78, 5) is 4.52. The summed E-state index contributed by atoms with van der Waals surface area (Å²) in [7, 11) is 0. The van der Waals surface area contributed by atoms with Gasteiger partial charge in [0, 0.05) is 32.8 Å². The number of hydrogen-bond acceptors (Lipinski definition) is 2. The van der Waals surface area contributed by atoms with Crippen LogP contribution in [0.4, 0.5) is 0 Å². The largest absolute Gasteiger partial charge is 0.381 e. The number of nitrogens with zero attached hydrogens (tertiary/aromatic N) is 1. The molecule has 0 aromatic heterocycles. The number of nitrogens with one attached hydrogen (secondary N) is 2. The van der Waals surface area contributed by atoms with Gasteiger partial charge in [-0.15, -0.1) is 24.0 Å². The lowest BCUT2D eigenvalue weighted by Crippen LogP contribution is -2.37. The van der Waals surface area contributed by atoms with E-state index in [-0.39, 0.29) is 24.0 Å². The Morgan fingerprint density at radius 2 is 1.89 bits per heavy atom. The Morgan fingerprint density at radius 3 is 2.47 bits per heavy atom. The van der Waals surface area contributed by atoms with Crippen molar-refractivity contribution in [3.63, 3.8) is 0 Å². The molecule has 0 aromatic rings. The molecule has 5 heteroatoms. The zero-order chi connectivity index (χ0) is 13.6. The molecular formula is C14H32IN3O. The van der Waals surface area contributed by atoms with Gasteiger partial charge >= 0.3 is 0 Å². The smallest absolute Gasteiger partial charge is 0.191 e. The fraction of sp³-hybridized carbons (Fsp3) is 0.929. The summed E-state index contributed by atoms with van der Waals surface area (Å²) in [6, 6.07) is 0. The minimum atomic E-state index is 0. The van der Waals surface area contributed by atoms with Gasteiger partial charge in [-0.3, -0.25) is 4.99 Å². The topological polar surface area (TPSA) is 45.7 Å². The standard InChI is InChI=1S/C14H31N3O.HI/c1-5-7-9-16-14(15-6-2)17-10-8-11-18-12-13(3)4;/h13H,5-12H2,1-4H3,(H2,15,16,17);1H. The Labute approximate surface area is 136 Å². The van der Waals surface area contributed by atoms with Gasteiger partial charge < -0.3 is 15.4 Å². The monoisotopic (exact) mass is 385 g/mol. The first kappa shape index (κ1) is 21.3. The number of ether oxygens (including phenoxy) is 1. The number of hydrogen-bond donors (Lipinski definition) is 2. The van der Waals surface area contributed by atoms with Crippen molar-refractivity contribution in [2.45, 2.75) is 47.0 Å². The zero-order valence-electron chi connectivity index (χ0n) is 13.0. The highest BCUT2D eigenvalue weighted by atomic mass is 127. The van der Waals surface area contributed by atoms with Crippen LogP contribution in [0.2, 0.25) is 0 Å². The number of rotatable bonds is 10. The van der Waals surface area contributed by atoms with Crippen molar-refractivity contribution in [3.05, 3.63) is 0 Å². The van der Waals surface area contributed by atoms with Gasteiger partial charge in [-0.25, -0.2) is 0 Å². The number of aliphatic imine (C=N–C) groups is 1. The fourth-order valence-electron chi connectivity index (χ4n) is 1.40. The third kappa shape index (κ3) is 15.9. The van der Waals surface area contributed by atoms with E-state index in [1.807, 2.05) is 0 Å². The SMILES string of the molecule is CCCCNC(=NCCCOCC(C)C)NCC.I. The lowest BCUT2D eigenvalue weighted by molar-refractivity contribution is 0.109. The van der Waals surface area contributed by atoms with Crippen LogP contribution in [0, 0.1) is 5.92 Å². The summed E-state index contributed by atoms with van der Waals surface area (Å²) < 4.78 is 5.53. The molecule has 0 aromatic carbocycles. The molecule has 19 heavy (non-hydrogen) atoms. The van der Waals surface area contributed by atoms with Crippen LogP contribution in [0.5, 0.6) is 0 Å². The van der Waals surface area contributed by atoms with Crippen LogP contribution in [-0.2, 0) is 4.74 Å². The summed E-state index contributed by atoms with van der Waals surface area (Å²) >= 11 is 0. The van der Waals surface area contributed by atoms with Gasteiger partial charge in [0.15, 0.2) is 5.96 Å². The molecule has 0 saturated carbocycles. The second kappa shape index (κ2) is 16.0. The highest BCUT2D eigenvalue weighted by Gasteiger charge is 1.96. The van der Waals surface area contributed by atoms with Crippen LogP contribution in [0.25, 0.3) is 0 Å². The predicted octanol–water partition coefficient (Wildman–Crippen LogP) is 3.02. The summed E-state index contributed by atoms with van der Waals surface area (Å²) in [5.74, 6) is 1.54. The second-order valence-corrected chi connectivity index (χ2v) is 4.86. The molecule has 0 fully saturated rings. The van der Waals surface area contributed by atoms with Crippen LogP contribution in [0.3, 0.4) is 0 Å². The quantitative estimate of drug-likeness (QED) is 0.263. The van der Waals surface area contributed by atoms with E-state index in [4.69, 9.17) is 4.74 Å². The Bertz CT molecular complexity index is 211. The van der Waals surface area contributed by atoms with E-state index in [2.05, 4.69) is 43.3 Å². The predicted molar refractivity (Wildman–Crippen MR) is 94.6 cm³/mol. The fourth-order valence-corrected chi connectivity index (χ4v) is 1.40. The van der Waals surface area contributed by atoms with Crippen molar-refractivity contribution in [3.8, 4) is 0 Å². The first-order valence-electron chi connectivity index (χ1n) is 7.30. The van der Waals surface area contributed by atoms with Crippen LogP contribution in [0.1, 0.15) is 47.0 Å². The van der Waals surface area contributed by atoms with E-state index in [1.54, 1.807) is 0 Å². The number of unbranched alkanes of at least 4 members (excludes halogenated alkanes) is 1. The van der Waals surface area contributed by atoms with Crippen LogP contribution >= 0.6 is 24.0 Å². The molecule has 2 N–H and O–H groups in total. The maximum atomic E-state index is 5.53. The van der Waals surface area contributed by atoms with Crippen molar-refractivity contribution in [2.75, 3.05) is 32.8 Å². The Hall–Kier alpha value is -0.0400. The second-order valence-electron chi connectivity index (χ2n) is 4.86. The van der Waals surface area contributed by atoms with E-state index < -0.39 is 0 Å². The Morgan fingerprint density at radius 1 is 1.16 bits per heavy atom. The molecule has 0 bridgehead atoms. The first-order valence-corrected chi connectivity index (χ1v) is 7.30. The molecule has 0 atom stereocenters. The summed E-state index contributed by atoms with van der Waals surface area (Å²) in [6.45, 7) is 13.0. The molecule has 4 nitrogen and oxygen atoms in total. The molecule has 0 spiro atoms. The van der Waals surface area contributed by atoms with E-state index in [1.165, 1.54) is 12.8 Å². The molecule has 0 heterocycles. The highest BCUT2D eigenvalue weighted by molar-refractivity contribution is 14.0. The van der Waals surface area contributed by atoms with E-state index in [0.717, 1.165) is 45.2 Å². The van der Waals surface area contributed by atoms with Crippen LogP contribution in [0.15, 0.2) is 4.99 Å². The molecular weight excluding hydrogens is 353 g/mol. The van der Waals surface area contributed by atoms with Crippen LogP contribution < -0.4 is 10.6 Å². The Kier molecular flexibility index (Phi) is 17.9. The average Bonchev–Trinajstić information content (AvgIpc) is 2.33. The van der Waals surface area contributed by atoms with Crippen molar-refractivity contribution >= 4 is 29.9 Å². The van der Waals surface area contributed by atoms with Crippen molar-refractivity contribution in [2.24, 2.45) is 10.9 Å². The molecule has 0 saturated heterocycles. The molecule has 0 unspecified atom stereocenters. The number of halogens is 1. The molecule has 0 rings (SSSR count). The van der Waals surface area contributed by atoms with E-state index in [0.29, 0.717) is 5.92 Å². The van der Waals surface area contributed by atoms with Gasteiger partial charge in [-0.05, 0) is 25.7 Å². The van der Waals surface area contributed by atoms with E-state index >= 15 is 0 Å². The maximum Gasteiger partial charge on any atom is 0.191 e. The average molecular weight is 385 g/mol. The van der Waals surface area contributed by atoms with Gasteiger partial charge in [0.1, 0.15) is 0 Å². The molecule has 116 valence electrons. The molecule has 0 radical (unpaired) electrons. The van der Waals surface area contributed by atoms with Crippen LogP contribution in [-0.4, -0.2) is 38.8 Å². The normalized spacial score (nSPS) is 11.3. The molecule has 0 aliphatic rings. The van der Waals surface area contributed by atoms with Crippen molar-refractivity contribution in [1.82, 2.24) is 10.6 Å². The first-order chi connectivity index (χ1) is 8.70. The third-order valence-corrected chi connectivity index (χ3v) is 2.33. The maximum absolute atomic E-state index is 5.53. The summed E-state index contributed by atoms with van der Waals surface area (Å²) in [6.07, 6.45) is 3.37. The van der Waals surface area contributed by atoms with Gasteiger partial charge in [0.25, 0.3) is 0 Å². The van der Waals surface area contributed by atoms with Crippen molar-refractivity contribution < 1.29 is 4.74 Å². The molecule has 0 aliphatic heterocycles. The van der Waals surface area contributed by atoms with Gasteiger partial charge in [-0.1, -0.05) is 27.2 Å². The van der Waals surface area contributed by atoms with Crippen molar-refractivity contribution in [1.29, 1.82) is 0 Å². The van der Waals surface area contributed by atoms with Gasteiger partial charge in [0.05, 0.1) is 0 Å². The molecule has 0 aliphatic carbocycles. The highest BCUT2D eigenvalue weighted by Crippen LogP contribution is 1.93. The Balaban J connectivity index is 0. The lowest BCUT2D eigenvalue weighted by atomic mass is 10.2. The summed E-state index contributed by atoms with van der Waals surface area (Å²) in [5, 5.41) is 6.58. The minimum Gasteiger partial charge on any atom is -0.381 e. The minimum absolute atomic E-state index is 0. The van der Waals surface area contributed by atoms with Gasteiger partial charge in [-0.2, -0.15) is 0 Å².